The van der Waals surface area contributed by atoms with Crippen molar-refractivity contribution in [3.8, 4) is 0 Å². The van der Waals surface area contributed by atoms with Crippen molar-refractivity contribution in [3.63, 3.8) is 0 Å². The zero-order valence-corrected chi connectivity index (χ0v) is 11.8. The van der Waals surface area contributed by atoms with Crippen molar-refractivity contribution in [2.45, 2.75) is 51.0 Å². The lowest BCUT2D eigenvalue weighted by atomic mass is 9.49. The summed E-state index contributed by atoms with van der Waals surface area (Å²) in [5.74, 6) is 3.01. The molecule has 0 radical (unpaired) electrons. The number of aryl methyl sites for hydroxylation is 1. The summed E-state index contributed by atoms with van der Waals surface area (Å²) in [6, 6.07) is 8.76. The Hall–Kier alpha value is -0.820. The van der Waals surface area contributed by atoms with E-state index in [-0.39, 0.29) is 0 Å². The first-order valence-corrected chi connectivity index (χ1v) is 7.91. The van der Waals surface area contributed by atoms with Crippen molar-refractivity contribution in [1.82, 2.24) is 0 Å². The summed E-state index contributed by atoms with van der Waals surface area (Å²) in [6.45, 7) is 2.13. The average molecular weight is 256 g/mol. The third-order valence-electron chi connectivity index (χ3n) is 6.16. The van der Waals surface area contributed by atoms with E-state index in [1.807, 2.05) is 0 Å². The van der Waals surface area contributed by atoms with E-state index in [4.69, 9.17) is 0 Å². The smallest absolute Gasteiger partial charge is 0.0744 e. The lowest BCUT2D eigenvalue weighted by Crippen LogP contribution is -2.58. The van der Waals surface area contributed by atoms with Gasteiger partial charge in [0.1, 0.15) is 0 Å². The number of hydrogen-bond donors (Lipinski definition) is 1. The molecule has 1 aromatic carbocycles. The average Bonchev–Trinajstić information content (AvgIpc) is 2.38. The number of benzene rings is 1. The molecule has 4 fully saturated rings. The largest absolute Gasteiger partial charge is 0.389 e. The molecule has 0 spiro atoms. The highest BCUT2D eigenvalue weighted by molar-refractivity contribution is 5.24. The van der Waals surface area contributed by atoms with Crippen LogP contribution in [0.2, 0.25) is 0 Å². The maximum Gasteiger partial charge on any atom is 0.0744 e. The van der Waals surface area contributed by atoms with Crippen LogP contribution in [0.25, 0.3) is 0 Å². The third kappa shape index (κ3) is 1.86. The Balaban J connectivity index is 1.61. The van der Waals surface area contributed by atoms with Crippen molar-refractivity contribution in [1.29, 1.82) is 0 Å². The second-order valence-corrected chi connectivity index (χ2v) is 7.46. The molecule has 1 heteroatoms. The minimum absolute atomic E-state index is 0.400. The fraction of sp³-hybridized carbons (Fsp3) is 0.667. The van der Waals surface area contributed by atoms with E-state index >= 15 is 0 Å². The molecule has 4 aliphatic carbocycles. The predicted octanol–water partition coefficient (Wildman–Crippen LogP) is 3.72. The Kier molecular flexibility index (Phi) is 2.57. The van der Waals surface area contributed by atoms with Gasteiger partial charge in [0.15, 0.2) is 0 Å². The van der Waals surface area contributed by atoms with Gasteiger partial charge in [-0.1, -0.05) is 29.8 Å². The molecule has 1 nitrogen and oxygen atoms in total. The number of aliphatic hydroxyl groups is 1. The zero-order chi connectivity index (χ0) is 13.0. The van der Waals surface area contributed by atoms with Gasteiger partial charge in [0.05, 0.1) is 5.60 Å². The molecule has 1 N–H and O–H groups in total. The maximum absolute atomic E-state index is 11.3. The van der Waals surface area contributed by atoms with Crippen LogP contribution in [0.4, 0.5) is 0 Å². The molecular formula is C18H24O. The van der Waals surface area contributed by atoms with Gasteiger partial charge in [-0.25, -0.2) is 0 Å². The summed E-state index contributed by atoms with van der Waals surface area (Å²) in [4.78, 5) is 0. The van der Waals surface area contributed by atoms with Crippen molar-refractivity contribution in [2.75, 3.05) is 0 Å². The summed E-state index contributed by atoms with van der Waals surface area (Å²) < 4.78 is 0. The van der Waals surface area contributed by atoms with Gasteiger partial charge in [0.25, 0.3) is 0 Å². The molecule has 19 heavy (non-hydrogen) atoms. The first-order valence-electron chi connectivity index (χ1n) is 7.91. The highest BCUT2D eigenvalue weighted by Crippen LogP contribution is 2.59. The topological polar surface area (TPSA) is 20.2 Å². The Morgan fingerprint density at radius 3 is 2.00 bits per heavy atom. The fourth-order valence-electron chi connectivity index (χ4n) is 5.32. The quantitative estimate of drug-likeness (QED) is 0.855. The van der Waals surface area contributed by atoms with Crippen molar-refractivity contribution >= 4 is 0 Å². The molecule has 0 heterocycles. The Labute approximate surface area is 116 Å². The van der Waals surface area contributed by atoms with Gasteiger partial charge >= 0.3 is 0 Å². The molecule has 0 aromatic heterocycles. The Morgan fingerprint density at radius 1 is 0.947 bits per heavy atom. The highest BCUT2D eigenvalue weighted by atomic mass is 16.3. The number of rotatable bonds is 2. The highest BCUT2D eigenvalue weighted by Gasteiger charge is 2.56. The van der Waals surface area contributed by atoms with Gasteiger partial charge in [0.2, 0.25) is 0 Å². The van der Waals surface area contributed by atoms with E-state index in [2.05, 4.69) is 31.2 Å². The molecule has 0 atom stereocenters. The lowest BCUT2D eigenvalue weighted by molar-refractivity contribution is -0.171. The van der Waals surface area contributed by atoms with Gasteiger partial charge in [-0.3, -0.25) is 0 Å². The van der Waals surface area contributed by atoms with Gasteiger partial charge < -0.3 is 5.11 Å². The van der Waals surface area contributed by atoms with Gasteiger partial charge in [-0.05, 0) is 68.3 Å². The second kappa shape index (κ2) is 4.09. The summed E-state index contributed by atoms with van der Waals surface area (Å²) in [5.41, 5.74) is 2.23. The summed E-state index contributed by atoms with van der Waals surface area (Å²) >= 11 is 0. The van der Waals surface area contributed by atoms with E-state index in [0.717, 1.165) is 18.3 Å². The van der Waals surface area contributed by atoms with Crippen LogP contribution >= 0.6 is 0 Å². The minimum atomic E-state index is -0.400. The van der Waals surface area contributed by atoms with E-state index in [1.54, 1.807) is 0 Å². The first kappa shape index (κ1) is 12.0. The lowest BCUT2D eigenvalue weighted by Gasteiger charge is -2.59. The molecule has 4 aliphatic rings. The molecular weight excluding hydrogens is 232 g/mol. The molecule has 0 aliphatic heterocycles. The normalized spacial score (nSPS) is 43.7. The van der Waals surface area contributed by atoms with Crippen molar-refractivity contribution < 1.29 is 5.11 Å². The Morgan fingerprint density at radius 2 is 1.47 bits per heavy atom. The zero-order valence-electron chi connectivity index (χ0n) is 11.8. The Bertz CT molecular complexity index is 445. The van der Waals surface area contributed by atoms with Crippen LogP contribution in [0.5, 0.6) is 0 Å². The SMILES string of the molecule is Cc1ccc(CC2(O)C3CC4CC(C3)CC2C4)cc1. The van der Waals surface area contributed by atoms with Crippen LogP contribution in [0.1, 0.15) is 43.2 Å². The molecule has 5 rings (SSSR count). The fourth-order valence-corrected chi connectivity index (χ4v) is 5.32. The third-order valence-corrected chi connectivity index (χ3v) is 6.16. The monoisotopic (exact) mass is 256 g/mol. The predicted molar refractivity (Wildman–Crippen MR) is 76.9 cm³/mol. The van der Waals surface area contributed by atoms with Crippen LogP contribution in [0.3, 0.4) is 0 Å². The molecule has 0 amide bonds. The van der Waals surface area contributed by atoms with Crippen LogP contribution in [-0.4, -0.2) is 10.7 Å². The second-order valence-electron chi connectivity index (χ2n) is 7.46. The van der Waals surface area contributed by atoms with Gasteiger partial charge in [0, 0.05) is 6.42 Å². The minimum Gasteiger partial charge on any atom is -0.389 e. The van der Waals surface area contributed by atoms with E-state index in [9.17, 15) is 5.11 Å². The summed E-state index contributed by atoms with van der Waals surface area (Å²) in [6.07, 6.45) is 7.48. The molecule has 4 saturated carbocycles. The standard InChI is InChI=1S/C18H24O/c1-12-2-4-13(5-3-12)11-18(19)16-7-14-6-15(9-16)10-17(18)8-14/h2-5,14-17,19H,6-11H2,1H3. The van der Waals surface area contributed by atoms with Crippen LogP contribution < -0.4 is 0 Å². The summed E-state index contributed by atoms with van der Waals surface area (Å²) in [7, 11) is 0. The van der Waals surface area contributed by atoms with Crippen molar-refractivity contribution in [3.05, 3.63) is 35.4 Å². The van der Waals surface area contributed by atoms with E-state index < -0.39 is 5.60 Å². The van der Waals surface area contributed by atoms with Crippen LogP contribution in [-0.2, 0) is 6.42 Å². The first-order chi connectivity index (χ1) is 9.13. The van der Waals surface area contributed by atoms with Crippen LogP contribution in [0.15, 0.2) is 24.3 Å². The number of hydrogen-bond acceptors (Lipinski definition) is 1. The van der Waals surface area contributed by atoms with Gasteiger partial charge in [-0.2, -0.15) is 0 Å². The molecule has 0 saturated heterocycles. The summed E-state index contributed by atoms with van der Waals surface area (Å²) in [5, 5.41) is 11.3. The molecule has 0 unspecified atom stereocenters. The van der Waals surface area contributed by atoms with Crippen LogP contribution in [0, 0.1) is 30.6 Å². The molecule has 102 valence electrons. The molecule has 1 aromatic rings. The van der Waals surface area contributed by atoms with Crippen molar-refractivity contribution in [2.24, 2.45) is 23.7 Å². The van der Waals surface area contributed by atoms with E-state index in [1.165, 1.54) is 43.2 Å². The maximum atomic E-state index is 11.3. The van der Waals surface area contributed by atoms with Gasteiger partial charge in [-0.15, -0.1) is 0 Å². The molecule has 4 bridgehead atoms. The van der Waals surface area contributed by atoms with E-state index in [0.29, 0.717) is 11.8 Å².